The number of hydrogen-bond acceptors (Lipinski definition) is 6. The number of alkyl halides is 3. The quantitative estimate of drug-likeness (QED) is 0.123. The lowest BCUT2D eigenvalue weighted by Gasteiger charge is -2.31. The molecule has 0 unspecified atom stereocenters. The highest BCUT2D eigenvalue weighted by molar-refractivity contribution is 9.09. The number of carbonyl (C=O) groups excluding carboxylic acids is 2. The second-order valence-corrected chi connectivity index (χ2v) is 12.7. The van der Waals surface area contributed by atoms with Gasteiger partial charge in [-0.15, -0.1) is 0 Å². The van der Waals surface area contributed by atoms with E-state index in [1.165, 1.54) is 23.6 Å². The zero-order valence-electron chi connectivity index (χ0n) is 26.3. The Balaban J connectivity index is 1.37. The number of ether oxygens (including phenoxy) is 3. The number of piperidine rings is 1. The summed E-state index contributed by atoms with van der Waals surface area (Å²) >= 11 is 3.45. The van der Waals surface area contributed by atoms with Gasteiger partial charge in [-0.1, -0.05) is 52.9 Å². The van der Waals surface area contributed by atoms with Gasteiger partial charge in [0.1, 0.15) is 6.61 Å². The van der Waals surface area contributed by atoms with Crippen molar-refractivity contribution in [1.29, 1.82) is 0 Å². The molecule has 0 spiro atoms. The van der Waals surface area contributed by atoms with Gasteiger partial charge in [-0.25, -0.2) is 13.6 Å². The highest BCUT2D eigenvalue weighted by Crippen LogP contribution is 2.42. The second-order valence-electron chi connectivity index (χ2n) is 11.9. The summed E-state index contributed by atoms with van der Waals surface area (Å²) in [6.45, 7) is 5.59. The van der Waals surface area contributed by atoms with Gasteiger partial charge in [-0.05, 0) is 80.3 Å². The van der Waals surface area contributed by atoms with E-state index in [4.69, 9.17) is 14.2 Å². The molecule has 1 fully saturated rings. The molecule has 0 N–H and O–H groups in total. The van der Waals surface area contributed by atoms with Crippen molar-refractivity contribution in [2.75, 3.05) is 56.7 Å². The number of rotatable bonds is 13. The number of amides is 2. The standard InChI is InChI=1S/C35H42BrF2N3O5/c1-3-16-46-35(43)41-22-28-18-27(25-9-7-24(8-10-25)26-11-14-39(15-12-26)23-33(37)38)21-40(28)34(42)29-19-31(44-2)32(20-30(29)41)45-17-6-4-5-13-36/h3,7-10,19-21,26,28,33H,1,4-6,11-18,22-23H2,2H3/t28-/m0/s1. The molecule has 5 rings (SSSR count). The molecular weight excluding hydrogens is 660 g/mol. The first kappa shape index (κ1) is 33.9. The molecule has 0 radical (unpaired) electrons. The summed E-state index contributed by atoms with van der Waals surface area (Å²) in [6, 6.07) is 11.4. The Labute approximate surface area is 278 Å². The summed E-state index contributed by atoms with van der Waals surface area (Å²) < 4.78 is 42.7. The zero-order valence-corrected chi connectivity index (χ0v) is 27.9. The lowest BCUT2D eigenvalue weighted by Crippen LogP contribution is -2.41. The maximum Gasteiger partial charge on any atom is 0.414 e. The topological polar surface area (TPSA) is 71.6 Å². The first-order valence-corrected chi connectivity index (χ1v) is 17.0. The normalized spacial score (nSPS) is 18.6. The summed E-state index contributed by atoms with van der Waals surface area (Å²) in [6.07, 6.45) is 5.70. The monoisotopic (exact) mass is 701 g/mol. The molecule has 3 heterocycles. The fraction of sp³-hybridized carbons (Fsp3) is 0.486. The molecule has 248 valence electrons. The Hall–Kier alpha value is -3.44. The minimum absolute atomic E-state index is 0.0428. The van der Waals surface area contributed by atoms with Crippen LogP contribution >= 0.6 is 15.9 Å². The molecule has 8 nitrogen and oxygen atoms in total. The van der Waals surface area contributed by atoms with Crippen LogP contribution in [0.25, 0.3) is 5.57 Å². The largest absolute Gasteiger partial charge is 0.493 e. The fourth-order valence-corrected chi connectivity index (χ4v) is 6.86. The van der Waals surface area contributed by atoms with Gasteiger partial charge in [0, 0.05) is 17.6 Å². The lowest BCUT2D eigenvalue weighted by atomic mass is 9.88. The number of hydrogen-bond donors (Lipinski definition) is 0. The number of benzene rings is 2. The van der Waals surface area contributed by atoms with Crippen LogP contribution in [0.5, 0.6) is 11.5 Å². The van der Waals surface area contributed by atoms with E-state index in [-0.39, 0.29) is 31.6 Å². The van der Waals surface area contributed by atoms with Crippen LogP contribution in [-0.4, -0.2) is 86.1 Å². The third-order valence-electron chi connectivity index (χ3n) is 8.89. The van der Waals surface area contributed by atoms with Crippen molar-refractivity contribution >= 4 is 39.2 Å². The van der Waals surface area contributed by atoms with Crippen LogP contribution in [0.1, 0.15) is 65.9 Å². The van der Waals surface area contributed by atoms with E-state index in [1.54, 1.807) is 17.0 Å². The third kappa shape index (κ3) is 7.91. The van der Waals surface area contributed by atoms with Gasteiger partial charge >= 0.3 is 6.09 Å². The molecule has 3 aliphatic heterocycles. The SMILES string of the molecule is C=CCOC(=O)N1C[C@@H]2CC(c3ccc(C4CCN(CC(F)F)CC4)cc3)=CN2C(=O)c2cc(OC)c(OCCCCCBr)cc21. The van der Waals surface area contributed by atoms with Crippen LogP contribution in [0.4, 0.5) is 19.3 Å². The number of halogens is 3. The first-order chi connectivity index (χ1) is 22.3. The van der Waals surface area contributed by atoms with Crippen LogP contribution in [0.2, 0.25) is 0 Å². The maximum absolute atomic E-state index is 14.1. The Morgan fingerprint density at radius 3 is 2.54 bits per heavy atom. The number of methoxy groups -OCH3 is 1. The second kappa shape index (κ2) is 15.9. The van der Waals surface area contributed by atoms with Crippen molar-refractivity contribution in [1.82, 2.24) is 9.80 Å². The van der Waals surface area contributed by atoms with Gasteiger partial charge in [0.2, 0.25) is 0 Å². The van der Waals surface area contributed by atoms with E-state index < -0.39 is 12.5 Å². The fourth-order valence-electron chi connectivity index (χ4n) is 6.46. The van der Waals surface area contributed by atoms with E-state index in [0.29, 0.717) is 54.8 Å². The Morgan fingerprint density at radius 2 is 1.87 bits per heavy atom. The van der Waals surface area contributed by atoms with Crippen molar-refractivity contribution in [2.45, 2.75) is 56.9 Å². The van der Waals surface area contributed by atoms with Crippen molar-refractivity contribution in [3.63, 3.8) is 0 Å². The third-order valence-corrected chi connectivity index (χ3v) is 9.45. The van der Waals surface area contributed by atoms with Crippen molar-refractivity contribution in [2.24, 2.45) is 0 Å². The minimum atomic E-state index is -2.30. The molecule has 1 saturated heterocycles. The Bertz CT molecular complexity index is 1410. The van der Waals surface area contributed by atoms with Gasteiger partial charge in [0.15, 0.2) is 11.5 Å². The summed E-state index contributed by atoms with van der Waals surface area (Å²) in [4.78, 5) is 32.5. The van der Waals surface area contributed by atoms with E-state index >= 15 is 0 Å². The summed E-state index contributed by atoms with van der Waals surface area (Å²) in [5.74, 6) is 0.988. The van der Waals surface area contributed by atoms with Gasteiger partial charge in [-0.2, -0.15) is 0 Å². The van der Waals surface area contributed by atoms with Crippen LogP contribution in [0.15, 0.2) is 55.3 Å². The van der Waals surface area contributed by atoms with Crippen LogP contribution in [0, 0.1) is 0 Å². The van der Waals surface area contributed by atoms with E-state index in [0.717, 1.165) is 48.6 Å². The molecular formula is C35H42BrF2N3O5. The number of unbranched alkanes of at least 4 members (excludes halogenated alkanes) is 2. The van der Waals surface area contributed by atoms with Crippen molar-refractivity contribution < 1.29 is 32.6 Å². The summed E-state index contributed by atoms with van der Waals surface area (Å²) in [5, 5.41) is 0.935. The van der Waals surface area contributed by atoms with E-state index in [9.17, 15) is 18.4 Å². The number of fused-ring (bicyclic) bond motifs is 2. The molecule has 11 heteroatoms. The van der Waals surface area contributed by atoms with Gasteiger partial charge in [0.05, 0.1) is 44.1 Å². The zero-order chi connectivity index (χ0) is 32.6. The predicted molar refractivity (Wildman–Crippen MR) is 178 cm³/mol. The minimum Gasteiger partial charge on any atom is -0.493 e. The predicted octanol–water partition coefficient (Wildman–Crippen LogP) is 7.48. The molecule has 0 aromatic heterocycles. The van der Waals surface area contributed by atoms with Gasteiger partial charge in [-0.3, -0.25) is 14.6 Å². The van der Waals surface area contributed by atoms with Crippen LogP contribution in [-0.2, 0) is 4.74 Å². The molecule has 0 saturated carbocycles. The maximum atomic E-state index is 14.1. The lowest BCUT2D eigenvalue weighted by molar-refractivity contribution is 0.0753. The number of likely N-dealkylation sites (tertiary alicyclic amines) is 1. The summed E-state index contributed by atoms with van der Waals surface area (Å²) in [7, 11) is 1.53. The highest BCUT2D eigenvalue weighted by atomic mass is 79.9. The Morgan fingerprint density at radius 1 is 1.11 bits per heavy atom. The molecule has 2 aromatic rings. The first-order valence-electron chi connectivity index (χ1n) is 15.9. The molecule has 1 atom stereocenters. The smallest absolute Gasteiger partial charge is 0.414 e. The van der Waals surface area contributed by atoms with Crippen molar-refractivity contribution in [3.05, 3.63) is 71.9 Å². The molecule has 3 aliphatic rings. The molecule has 2 aromatic carbocycles. The van der Waals surface area contributed by atoms with Crippen LogP contribution < -0.4 is 14.4 Å². The van der Waals surface area contributed by atoms with E-state index in [2.05, 4.69) is 46.8 Å². The Kier molecular flexibility index (Phi) is 11.7. The number of nitrogens with zero attached hydrogens (tertiary/aromatic N) is 3. The molecule has 46 heavy (non-hydrogen) atoms. The molecule has 2 amide bonds. The molecule has 0 aliphatic carbocycles. The van der Waals surface area contributed by atoms with Gasteiger partial charge in [0.25, 0.3) is 12.3 Å². The highest BCUT2D eigenvalue weighted by Gasteiger charge is 2.40. The average molecular weight is 703 g/mol. The number of carbonyl (C=O) groups is 2. The average Bonchev–Trinajstić information content (AvgIpc) is 3.45. The number of anilines is 1. The van der Waals surface area contributed by atoms with E-state index in [1.807, 2.05) is 11.1 Å². The summed E-state index contributed by atoms with van der Waals surface area (Å²) in [5.41, 5.74) is 3.94. The van der Waals surface area contributed by atoms with Gasteiger partial charge < -0.3 is 19.1 Å². The van der Waals surface area contributed by atoms with Crippen molar-refractivity contribution in [3.8, 4) is 11.5 Å². The molecule has 0 bridgehead atoms. The van der Waals surface area contributed by atoms with Crippen LogP contribution in [0.3, 0.4) is 0 Å².